The third kappa shape index (κ3) is 5.07. The van der Waals surface area contributed by atoms with Crippen LogP contribution < -0.4 is 10.2 Å². The summed E-state index contributed by atoms with van der Waals surface area (Å²) in [6, 6.07) is 18.4. The summed E-state index contributed by atoms with van der Waals surface area (Å²) in [6.45, 7) is 16.2. The summed E-state index contributed by atoms with van der Waals surface area (Å²) < 4.78 is 4.82. The molecule has 0 fully saturated rings. The van der Waals surface area contributed by atoms with Gasteiger partial charge in [-0.25, -0.2) is 14.7 Å². The van der Waals surface area contributed by atoms with E-state index in [9.17, 15) is 0 Å². The number of nitrogens with zero attached hydrogens (tertiary/aromatic N) is 5. The van der Waals surface area contributed by atoms with E-state index < -0.39 is 0 Å². The highest BCUT2D eigenvalue weighted by Crippen LogP contribution is 2.39. The van der Waals surface area contributed by atoms with Gasteiger partial charge in [0.15, 0.2) is 0 Å². The molecule has 0 radical (unpaired) electrons. The van der Waals surface area contributed by atoms with E-state index in [0.29, 0.717) is 23.9 Å². The molecule has 0 saturated heterocycles. The summed E-state index contributed by atoms with van der Waals surface area (Å²) in [5.41, 5.74) is 5.65. The lowest BCUT2D eigenvalue weighted by atomic mass is 9.96. The molecule has 4 aromatic rings. The van der Waals surface area contributed by atoms with E-state index in [0.717, 1.165) is 35.7 Å². The number of nitrogens with one attached hydrogen (secondary N) is 1. The van der Waals surface area contributed by atoms with Crippen molar-refractivity contribution < 1.29 is 0 Å². The molecule has 37 heavy (non-hydrogen) atoms. The van der Waals surface area contributed by atoms with Crippen LogP contribution in [0.5, 0.6) is 0 Å². The molecule has 2 aromatic heterocycles. The molecule has 6 nitrogen and oxygen atoms in total. The second kappa shape index (κ2) is 10.4. The van der Waals surface area contributed by atoms with Gasteiger partial charge in [-0.3, -0.25) is 4.68 Å². The van der Waals surface area contributed by atoms with Gasteiger partial charge in [0.1, 0.15) is 12.2 Å². The van der Waals surface area contributed by atoms with Gasteiger partial charge < -0.3 is 10.2 Å². The fourth-order valence-electron chi connectivity index (χ4n) is 5.95. The van der Waals surface area contributed by atoms with Crippen molar-refractivity contribution in [3.63, 3.8) is 0 Å². The molecule has 4 unspecified atom stereocenters. The standard InChI is InChI=1S/C31H44N6/c1-20(2)8-10-22(5)35-27-16-12-25(13-17-27)33-30-29(35)24(7)32-31-34-26-14-18-28(19-15-26)36(37(30)31)23(6)11-9-21(3)4/h12-23,29-30,33H,8-11H2,1-7H3. The van der Waals surface area contributed by atoms with Gasteiger partial charge in [0.05, 0.1) is 11.0 Å². The number of benzene rings is 2. The van der Waals surface area contributed by atoms with Gasteiger partial charge in [-0.1, -0.05) is 27.7 Å². The smallest absolute Gasteiger partial charge is 0.247 e. The Morgan fingerprint density at radius 2 is 1.41 bits per heavy atom. The summed E-state index contributed by atoms with van der Waals surface area (Å²) in [7, 11) is 0. The Morgan fingerprint density at radius 3 is 2.03 bits per heavy atom. The van der Waals surface area contributed by atoms with Crippen molar-refractivity contribution in [1.29, 1.82) is 0 Å². The van der Waals surface area contributed by atoms with Crippen LogP contribution in [0.1, 0.15) is 86.4 Å². The fourth-order valence-corrected chi connectivity index (χ4v) is 5.95. The van der Waals surface area contributed by atoms with Gasteiger partial charge in [-0.05, 0) is 107 Å². The van der Waals surface area contributed by atoms with E-state index in [1.54, 1.807) is 0 Å². The number of hydrogen-bond donors (Lipinski definition) is 1. The van der Waals surface area contributed by atoms with Crippen LogP contribution in [-0.2, 0) is 0 Å². The Bertz CT molecular complexity index is 1260. The lowest BCUT2D eigenvalue weighted by Crippen LogP contribution is -2.55. The number of aliphatic imine (C=N–C) groups is 1. The minimum atomic E-state index is -0.0339. The molecule has 2 aromatic carbocycles. The fraction of sp³-hybridized carbons (Fsp3) is 0.548. The Labute approximate surface area is 222 Å². The normalized spacial score (nSPS) is 20.2. The second-order valence-corrected chi connectivity index (χ2v) is 12.0. The van der Waals surface area contributed by atoms with E-state index in [-0.39, 0.29) is 12.2 Å². The van der Waals surface area contributed by atoms with Crippen molar-refractivity contribution in [3.05, 3.63) is 48.5 Å². The molecule has 5 heterocycles. The van der Waals surface area contributed by atoms with Crippen molar-refractivity contribution in [2.75, 3.05) is 10.2 Å². The zero-order valence-corrected chi connectivity index (χ0v) is 23.6. The first-order valence-corrected chi connectivity index (χ1v) is 14.2. The molecule has 3 aliphatic rings. The third-order valence-corrected chi connectivity index (χ3v) is 8.04. The van der Waals surface area contributed by atoms with Crippen LogP contribution >= 0.6 is 0 Å². The van der Waals surface area contributed by atoms with E-state index in [1.165, 1.54) is 24.0 Å². The van der Waals surface area contributed by atoms with Gasteiger partial charge in [-0.2, -0.15) is 0 Å². The molecule has 6 heteroatoms. The van der Waals surface area contributed by atoms with Crippen LogP contribution in [0.3, 0.4) is 0 Å². The van der Waals surface area contributed by atoms with Crippen molar-refractivity contribution >= 4 is 34.1 Å². The van der Waals surface area contributed by atoms with Crippen molar-refractivity contribution in [3.8, 4) is 0 Å². The summed E-state index contributed by atoms with van der Waals surface area (Å²) >= 11 is 0. The molecule has 0 spiro atoms. The third-order valence-electron chi connectivity index (χ3n) is 8.04. The number of aromatic nitrogens is 3. The Kier molecular flexibility index (Phi) is 7.19. The maximum absolute atomic E-state index is 5.22. The highest BCUT2D eigenvalue weighted by atomic mass is 15.5. The van der Waals surface area contributed by atoms with Crippen molar-refractivity contribution in [2.24, 2.45) is 16.8 Å². The molecular weight excluding hydrogens is 456 g/mol. The maximum atomic E-state index is 5.22. The molecule has 0 amide bonds. The van der Waals surface area contributed by atoms with Crippen LogP contribution in [0, 0.1) is 11.8 Å². The van der Waals surface area contributed by atoms with Crippen molar-refractivity contribution in [2.45, 2.75) is 98.4 Å². The molecule has 198 valence electrons. The number of anilines is 2. The van der Waals surface area contributed by atoms with Gasteiger partial charge in [-0.15, -0.1) is 0 Å². The minimum absolute atomic E-state index is 0.0339. The molecule has 0 aliphatic carbocycles. The van der Waals surface area contributed by atoms with Gasteiger partial charge >= 0.3 is 0 Å². The zero-order valence-electron chi connectivity index (χ0n) is 23.6. The topological polar surface area (TPSA) is 50.4 Å². The number of hydrogen-bond acceptors (Lipinski definition) is 4. The van der Waals surface area contributed by atoms with E-state index in [4.69, 9.17) is 9.98 Å². The molecule has 0 saturated carbocycles. The Balaban J connectivity index is 1.71. The van der Waals surface area contributed by atoms with Crippen LogP contribution in [0.25, 0.3) is 11.0 Å². The maximum Gasteiger partial charge on any atom is 0.247 e. The molecular formula is C31H44N6. The Hall–Kier alpha value is -3.02. The number of fused-ring (bicyclic) bond motifs is 4. The van der Waals surface area contributed by atoms with Gasteiger partial charge in [0, 0.05) is 29.2 Å². The van der Waals surface area contributed by atoms with Crippen molar-refractivity contribution in [1.82, 2.24) is 14.3 Å². The highest BCUT2D eigenvalue weighted by Gasteiger charge is 2.40. The van der Waals surface area contributed by atoms with E-state index in [2.05, 4.69) is 117 Å². The Morgan fingerprint density at radius 1 is 0.784 bits per heavy atom. The number of rotatable bonds is 8. The van der Waals surface area contributed by atoms with Crippen LogP contribution in [-0.4, -0.2) is 32.1 Å². The summed E-state index contributed by atoms with van der Waals surface area (Å²) in [5.74, 6) is 2.12. The summed E-state index contributed by atoms with van der Waals surface area (Å²) in [5, 5.41) is 3.92. The first-order valence-electron chi connectivity index (χ1n) is 14.2. The first-order chi connectivity index (χ1) is 17.7. The molecule has 1 N–H and O–H groups in total. The highest BCUT2D eigenvalue weighted by molar-refractivity contribution is 5.94. The van der Waals surface area contributed by atoms with E-state index >= 15 is 0 Å². The summed E-state index contributed by atoms with van der Waals surface area (Å²) in [6.07, 6.45) is 4.60. The van der Waals surface area contributed by atoms with E-state index in [1.807, 2.05) is 0 Å². The predicted octanol–water partition coefficient (Wildman–Crippen LogP) is 8.13. The van der Waals surface area contributed by atoms with Crippen LogP contribution in [0.4, 0.5) is 17.3 Å². The summed E-state index contributed by atoms with van der Waals surface area (Å²) in [4.78, 5) is 12.9. The van der Waals surface area contributed by atoms with Crippen LogP contribution in [0.15, 0.2) is 53.5 Å². The van der Waals surface area contributed by atoms with Gasteiger partial charge in [0.25, 0.3) is 0 Å². The average Bonchev–Trinajstić information content (AvgIpc) is 2.83. The molecule has 7 rings (SSSR count). The second-order valence-electron chi connectivity index (χ2n) is 12.0. The predicted molar refractivity (Wildman–Crippen MR) is 157 cm³/mol. The molecule has 4 atom stereocenters. The zero-order chi connectivity index (χ0) is 26.3. The van der Waals surface area contributed by atoms with Crippen LogP contribution in [0.2, 0.25) is 0 Å². The van der Waals surface area contributed by atoms with Gasteiger partial charge in [0.2, 0.25) is 5.95 Å². The quantitative estimate of drug-likeness (QED) is 0.340. The molecule has 3 aliphatic heterocycles. The average molecular weight is 501 g/mol. The lowest BCUT2D eigenvalue weighted by Gasteiger charge is -2.47. The largest absolute Gasteiger partial charge is 0.362 e. The SMILES string of the molecule is CC1=Nc2nc3ccc(cc3)n(C(C)CCC(C)C)n2C2Nc3ccc(cc3)N(C(C)CCC(C)C)C12. The molecule has 4 bridgehead atoms. The monoisotopic (exact) mass is 500 g/mol. The lowest BCUT2D eigenvalue weighted by molar-refractivity contribution is 0.304. The minimum Gasteiger partial charge on any atom is -0.362 e. The first kappa shape index (κ1) is 25.6.